The zero-order chi connectivity index (χ0) is 24.3. The summed E-state index contributed by atoms with van der Waals surface area (Å²) in [6.45, 7) is 2.21. The Morgan fingerprint density at radius 2 is 1.38 bits per heavy atom. The summed E-state index contributed by atoms with van der Waals surface area (Å²) in [7, 11) is -0.243. The number of methoxy groups -OCH3 is 1. The zero-order valence-corrected chi connectivity index (χ0v) is 20.1. The first-order valence-electron chi connectivity index (χ1n) is 11.0. The number of ether oxygens (including phenoxy) is 3. The fourth-order valence-electron chi connectivity index (χ4n) is 3.38. The Morgan fingerprint density at radius 1 is 0.853 bits per heavy atom. The first-order chi connectivity index (χ1) is 16.5. The van der Waals surface area contributed by atoms with E-state index in [-0.39, 0.29) is 19.0 Å². The highest BCUT2D eigenvalue weighted by molar-refractivity contribution is 7.85. The molecule has 4 atom stereocenters. The Bertz CT molecular complexity index is 1040. The van der Waals surface area contributed by atoms with Crippen molar-refractivity contribution in [3.8, 4) is 0 Å². The molecule has 0 bridgehead atoms. The molecular weight excluding hydrogens is 452 g/mol. The number of aliphatic hydroxyl groups excluding tert-OH is 1. The van der Waals surface area contributed by atoms with E-state index in [0.717, 1.165) is 16.7 Å². The maximum absolute atomic E-state index is 12.9. The van der Waals surface area contributed by atoms with Crippen molar-refractivity contribution in [1.29, 1.82) is 0 Å². The van der Waals surface area contributed by atoms with Crippen molar-refractivity contribution in [3.63, 3.8) is 0 Å². The molecule has 6 nitrogen and oxygen atoms in total. The van der Waals surface area contributed by atoms with E-state index in [1.54, 1.807) is 12.1 Å². The standard InChI is InChI=1S/C27H30O6S/c1-20-13-15-23(16-14-20)34(30)19-24(28)25(32-17-21-9-5-3-6-10-21)26(27(29)31-2)33-18-22-11-7-4-8-12-22/h3-16,24-26,28H,17-19H2,1-2H3/t24-,25+,26-,34?/m0/s1. The van der Waals surface area contributed by atoms with Gasteiger partial charge in [-0.25, -0.2) is 4.79 Å². The molecule has 3 aromatic rings. The van der Waals surface area contributed by atoms with Gasteiger partial charge in [-0.05, 0) is 30.2 Å². The predicted molar refractivity (Wildman–Crippen MR) is 131 cm³/mol. The quantitative estimate of drug-likeness (QED) is 0.396. The van der Waals surface area contributed by atoms with Crippen molar-refractivity contribution in [2.24, 2.45) is 0 Å². The summed E-state index contributed by atoms with van der Waals surface area (Å²) in [6, 6.07) is 26.0. The Hall–Kier alpha value is -2.84. The van der Waals surface area contributed by atoms with Crippen LogP contribution in [-0.4, -0.2) is 46.5 Å². The van der Waals surface area contributed by atoms with Gasteiger partial charge in [-0.15, -0.1) is 0 Å². The van der Waals surface area contributed by atoms with Crippen LogP contribution in [0.1, 0.15) is 16.7 Å². The zero-order valence-electron chi connectivity index (χ0n) is 19.3. The van der Waals surface area contributed by atoms with E-state index in [2.05, 4.69) is 0 Å². The molecule has 1 N–H and O–H groups in total. The van der Waals surface area contributed by atoms with Gasteiger partial charge >= 0.3 is 5.97 Å². The highest BCUT2D eigenvalue weighted by atomic mass is 32.2. The topological polar surface area (TPSA) is 82.1 Å². The van der Waals surface area contributed by atoms with Gasteiger partial charge in [0.05, 0.1) is 43.0 Å². The summed E-state index contributed by atoms with van der Waals surface area (Å²) in [6.07, 6.45) is -3.55. The summed E-state index contributed by atoms with van der Waals surface area (Å²) in [4.78, 5) is 13.3. The first kappa shape index (κ1) is 25.8. The fraction of sp³-hybridized carbons (Fsp3) is 0.296. The van der Waals surface area contributed by atoms with Crippen LogP contribution in [0.2, 0.25) is 0 Å². The average molecular weight is 483 g/mol. The number of hydrogen-bond acceptors (Lipinski definition) is 6. The molecule has 7 heteroatoms. The van der Waals surface area contributed by atoms with Gasteiger partial charge in [0.25, 0.3) is 0 Å². The van der Waals surface area contributed by atoms with Gasteiger partial charge in [0.1, 0.15) is 6.10 Å². The fourth-order valence-corrected chi connectivity index (χ4v) is 4.51. The van der Waals surface area contributed by atoms with Gasteiger partial charge < -0.3 is 19.3 Å². The molecule has 180 valence electrons. The summed E-state index contributed by atoms with van der Waals surface area (Å²) in [5, 5.41) is 11.1. The van der Waals surface area contributed by atoms with Crippen LogP contribution in [0.25, 0.3) is 0 Å². The Kier molecular flexibility index (Phi) is 9.97. The van der Waals surface area contributed by atoms with Crippen molar-refractivity contribution < 1.29 is 28.3 Å². The Morgan fingerprint density at radius 3 is 1.91 bits per heavy atom. The van der Waals surface area contributed by atoms with Crippen LogP contribution in [0.4, 0.5) is 0 Å². The molecule has 1 unspecified atom stereocenters. The van der Waals surface area contributed by atoms with Crippen LogP contribution in [0.15, 0.2) is 89.8 Å². The van der Waals surface area contributed by atoms with Crippen LogP contribution in [0.3, 0.4) is 0 Å². The van der Waals surface area contributed by atoms with Crippen molar-refractivity contribution in [1.82, 2.24) is 0 Å². The average Bonchev–Trinajstić information content (AvgIpc) is 2.87. The highest BCUT2D eigenvalue weighted by Gasteiger charge is 2.37. The summed E-state index contributed by atoms with van der Waals surface area (Å²) < 4.78 is 29.8. The van der Waals surface area contributed by atoms with Crippen molar-refractivity contribution in [2.75, 3.05) is 12.9 Å². The van der Waals surface area contributed by atoms with E-state index < -0.39 is 35.1 Å². The van der Waals surface area contributed by atoms with Crippen LogP contribution in [0, 0.1) is 6.92 Å². The number of benzene rings is 3. The van der Waals surface area contributed by atoms with Gasteiger partial charge in [0.2, 0.25) is 0 Å². The minimum atomic E-state index is -1.50. The summed E-state index contributed by atoms with van der Waals surface area (Å²) >= 11 is 0. The maximum atomic E-state index is 12.9. The summed E-state index contributed by atoms with van der Waals surface area (Å²) in [5.74, 6) is -0.792. The van der Waals surface area contributed by atoms with E-state index in [1.807, 2.05) is 79.7 Å². The normalized spacial score (nSPS) is 14.7. The molecule has 3 aromatic carbocycles. The SMILES string of the molecule is COC(=O)[C@@H](OCc1ccccc1)[C@H](OCc1ccccc1)[C@@H](O)CS(=O)c1ccc(C)cc1. The lowest BCUT2D eigenvalue weighted by molar-refractivity contribution is -0.177. The van der Waals surface area contributed by atoms with Crippen LogP contribution < -0.4 is 0 Å². The van der Waals surface area contributed by atoms with E-state index in [4.69, 9.17) is 14.2 Å². The van der Waals surface area contributed by atoms with Crippen LogP contribution in [-0.2, 0) is 43.0 Å². The number of carbonyl (C=O) groups excluding carboxylic acids is 1. The molecule has 0 heterocycles. The van der Waals surface area contributed by atoms with Gasteiger partial charge in [-0.1, -0.05) is 78.4 Å². The number of rotatable bonds is 12. The molecule has 0 spiro atoms. The number of aliphatic hydroxyl groups is 1. The van der Waals surface area contributed by atoms with Gasteiger partial charge in [-0.3, -0.25) is 4.21 Å². The lowest BCUT2D eigenvalue weighted by Crippen LogP contribution is -2.48. The second-order valence-corrected chi connectivity index (χ2v) is 9.39. The molecule has 0 aliphatic rings. The third-order valence-corrected chi connectivity index (χ3v) is 6.72. The molecule has 0 radical (unpaired) electrons. The van der Waals surface area contributed by atoms with Crippen molar-refractivity contribution >= 4 is 16.8 Å². The molecule has 0 saturated heterocycles. The third-order valence-electron chi connectivity index (χ3n) is 5.27. The molecule has 0 aromatic heterocycles. The second kappa shape index (κ2) is 13.2. The second-order valence-electron chi connectivity index (χ2n) is 7.89. The van der Waals surface area contributed by atoms with E-state index in [9.17, 15) is 14.1 Å². The van der Waals surface area contributed by atoms with E-state index in [1.165, 1.54) is 7.11 Å². The van der Waals surface area contributed by atoms with Gasteiger partial charge in [-0.2, -0.15) is 0 Å². The molecule has 0 fully saturated rings. The molecule has 0 aliphatic heterocycles. The predicted octanol–water partition coefficient (Wildman–Crippen LogP) is 3.81. The molecule has 0 aliphatic carbocycles. The van der Waals surface area contributed by atoms with Gasteiger partial charge in [0.15, 0.2) is 6.10 Å². The minimum Gasteiger partial charge on any atom is -0.467 e. The van der Waals surface area contributed by atoms with Crippen LogP contribution in [0.5, 0.6) is 0 Å². The largest absolute Gasteiger partial charge is 0.467 e. The number of carbonyl (C=O) groups is 1. The molecular formula is C27H30O6S. The Labute approximate surface area is 203 Å². The third kappa shape index (κ3) is 7.60. The lowest BCUT2D eigenvalue weighted by Gasteiger charge is -2.29. The van der Waals surface area contributed by atoms with Crippen molar-refractivity contribution in [3.05, 3.63) is 102 Å². The number of aryl methyl sites for hydroxylation is 1. The van der Waals surface area contributed by atoms with Crippen molar-refractivity contribution in [2.45, 2.75) is 43.3 Å². The number of esters is 1. The molecule has 0 saturated carbocycles. The lowest BCUT2D eigenvalue weighted by atomic mass is 10.1. The molecule has 34 heavy (non-hydrogen) atoms. The van der Waals surface area contributed by atoms with E-state index >= 15 is 0 Å². The monoisotopic (exact) mass is 482 g/mol. The highest BCUT2D eigenvalue weighted by Crippen LogP contribution is 2.19. The maximum Gasteiger partial charge on any atom is 0.337 e. The first-order valence-corrected chi connectivity index (χ1v) is 12.3. The molecule has 3 rings (SSSR count). The minimum absolute atomic E-state index is 0.120. The Balaban J connectivity index is 1.80. The molecule has 0 amide bonds. The number of hydrogen-bond donors (Lipinski definition) is 1. The van der Waals surface area contributed by atoms with E-state index in [0.29, 0.717) is 4.90 Å². The van der Waals surface area contributed by atoms with Gasteiger partial charge in [0, 0.05) is 4.90 Å². The van der Waals surface area contributed by atoms with Crippen LogP contribution >= 0.6 is 0 Å². The smallest absolute Gasteiger partial charge is 0.337 e. The summed E-state index contributed by atoms with van der Waals surface area (Å²) in [5.41, 5.74) is 2.77.